The molecule has 0 aliphatic carbocycles. The SMILES string of the molecule is C=CCc1c(N)n(C)c(=O)n(C)c1=O. The second-order valence-corrected chi connectivity index (χ2v) is 3.06. The van der Waals surface area contributed by atoms with Crippen LogP contribution in [0.25, 0.3) is 0 Å². The van der Waals surface area contributed by atoms with Crippen molar-refractivity contribution in [1.29, 1.82) is 0 Å². The number of rotatable bonds is 2. The van der Waals surface area contributed by atoms with Crippen LogP contribution in [-0.2, 0) is 20.5 Å². The summed E-state index contributed by atoms with van der Waals surface area (Å²) in [6, 6.07) is 0. The molecule has 1 aromatic rings. The Kier molecular flexibility index (Phi) is 2.60. The maximum atomic E-state index is 11.6. The second kappa shape index (κ2) is 3.53. The molecule has 0 unspecified atom stereocenters. The molecule has 0 amide bonds. The first-order chi connectivity index (χ1) is 6.50. The van der Waals surface area contributed by atoms with Gasteiger partial charge in [0.25, 0.3) is 5.56 Å². The molecule has 0 radical (unpaired) electrons. The standard InChI is InChI=1S/C9H13N3O2/c1-4-5-6-7(10)11(2)9(14)12(3)8(6)13/h4H,1,5,10H2,2-3H3. The number of nitrogens with two attached hydrogens (primary N) is 1. The minimum absolute atomic E-state index is 0.206. The van der Waals surface area contributed by atoms with E-state index in [0.29, 0.717) is 12.0 Å². The van der Waals surface area contributed by atoms with Gasteiger partial charge in [0, 0.05) is 14.1 Å². The highest BCUT2D eigenvalue weighted by Gasteiger charge is 2.10. The van der Waals surface area contributed by atoms with Crippen LogP contribution in [-0.4, -0.2) is 9.13 Å². The predicted octanol–water partition coefficient (Wildman–Crippen LogP) is -0.605. The lowest BCUT2D eigenvalue weighted by Crippen LogP contribution is -2.40. The maximum Gasteiger partial charge on any atom is 0.332 e. The topological polar surface area (TPSA) is 70.0 Å². The van der Waals surface area contributed by atoms with E-state index in [9.17, 15) is 9.59 Å². The van der Waals surface area contributed by atoms with Crippen molar-refractivity contribution in [3.8, 4) is 0 Å². The Hall–Kier alpha value is -1.78. The van der Waals surface area contributed by atoms with Crippen LogP contribution < -0.4 is 17.0 Å². The Morgan fingerprint density at radius 1 is 1.36 bits per heavy atom. The molecular formula is C9H13N3O2. The smallest absolute Gasteiger partial charge is 0.332 e. The van der Waals surface area contributed by atoms with E-state index in [1.807, 2.05) is 0 Å². The molecule has 0 aliphatic heterocycles. The molecule has 1 rings (SSSR count). The largest absolute Gasteiger partial charge is 0.385 e. The molecule has 1 aromatic heterocycles. The predicted molar refractivity (Wildman–Crippen MR) is 55.2 cm³/mol. The van der Waals surface area contributed by atoms with Crippen LogP contribution in [0.5, 0.6) is 0 Å². The molecule has 14 heavy (non-hydrogen) atoms. The number of nitrogen functional groups attached to an aromatic ring is 1. The highest BCUT2D eigenvalue weighted by molar-refractivity contribution is 5.39. The summed E-state index contributed by atoms with van der Waals surface area (Å²) in [5.74, 6) is 0.206. The van der Waals surface area contributed by atoms with Crippen LogP contribution in [0.1, 0.15) is 5.56 Å². The summed E-state index contributed by atoms with van der Waals surface area (Å²) in [4.78, 5) is 23.0. The second-order valence-electron chi connectivity index (χ2n) is 3.06. The molecule has 0 saturated carbocycles. The van der Waals surface area contributed by atoms with Gasteiger partial charge in [-0.2, -0.15) is 0 Å². The monoisotopic (exact) mass is 195 g/mol. The zero-order valence-corrected chi connectivity index (χ0v) is 8.28. The molecule has 1 heterocycles. The average molecular weight is 195 g/mol. The normalized spacial score (nSPS) is 10.1. The summed E-state index contributed by atoms with van der Waals surface area (Å²) in [7, 11) is 2.96. The van der Waals surface area contributed by atoms with Crippen LogP contribution in [0.4, 0.5) is 5.82 Å². The van der Waals surface area contributed by atoms with E-state index in [1.54, 1.807) is 6.08 Å². The van der Waals surface area contributed by atoms with Crippen molar-refractivity contribution in [2.45, 2.75) is 6.42 Å². The van der Waals surface area contributed by atoms with Crippen LogP contribution in [0, 0.1) is 0 Å². The van der Waals surface area contributed by atoms with Crippen LogP contribution in [0.3, 0.4) is 0 Å². The highest BCUT2D eigenvalue weighted by atomic mass is 16.2. The molecule has 0 saturated heterocycles. The molecule has 5 heteroatoms. The molecule has 0 bridgehead atoms. The van der Waals surface area contributed by atoms with E-state index >= 15 is 0 Å². The molecular weight excluding hydrogens is 182 g/mol. The number of allylic oxidation sites excluding steroid dienone is 1. The summed E-state index contributed by atoms with van der Waals surface area (Å²) >= 11 is 0. The van der Waals surface area contributed by atoms with E-state index in [4.69, 9.17) is 5.73 Å². The van der Waals surface area contributed by atoms with Gasteiger partial charge >= 0.3 is 5.69 Å². The minimum Gasteiger partial charge on any atom is -0.385 e. The first-order valence-corrected chi connectivity index (χ1v) is 4.16. The van der Waals surface area contributed by atoms with E-state index < -0.39 is 5.69 Å². The van der Waals surface area contributed by atoms with Gasteiger partial charge in [-0.25, -0.2) is 4.79 Å². The lowest BCUT2D eigenvalue weighted by atomic mass is 10.2. The van der Waals surface area contributed by atoms with Crippen molar-refractivity contribution in [3.05, 3.63) is 39.1 Å². The van der Waals surface area contributed by atoms with Gasteiger partial charge in [-0.05, 0) is 6.42 Å². The van der Waals surface area contributed by atoms with Gasteiger partial charge in [0.1, 0.15) is 5.82 Å². The first-order valence-electron chi connectivity index (χ1n) is 4.16. The number of hydrogen-bond acceptors (Lipinski definition) is 3. The molecule has 0 aliphatic rings. The quantitative estimate of drug-likeness (QED) is 0.640. The number of nitrogens with zero attached hydrogens (tertiary/aromatic N) is 2. The third-order valence-electron chi connectivity index (χ3n) is 2.16. The Morgan fingerprint density at radius 2 is 1.93 bits per heavy atom. The molecule has 0 aromatic carbocycles. The van der Waals surface area contributed by atoms with Crippen molar-refractivity contribution in [1.82, 2.24) is 9.13 Å². The van der Waals surface area contributed by atoms with E-state index in [1.165, 1.54) is 18.7 Å². The molecule has 0 fully saturated rings. The molecule has 76 valence electrons. The van der Waals surface area contributed by atoms with Gasteiger partial charge in [0.15, 0.2) is 0 Å². The summed E-state index contributed by atoms with van der Waals surface area (Å²) in [5.41, 5.74) is 5.28. The molecule has 5 nitrogen and oxygen atoms in total. The van der Waals surface area contributed by atoms with Crippen LogP contribution in [0.2, 0.25) is 0 Å². The van der Waals surface area contributed by atoms with Gasteiger partial charge in [-0.1, -0.05) is 6.08 Å². The van der Waals surface area contributed by atoms with Crippen molar-refractivity contribution in [2.24, 2.45) is 14.1 Å². The lowest BCUT2D eigenvalue weighted by Gasteiger charge is -2.09. The fourth-order valence-electron chi connectivity index (χ4n) is 1.27. The van der Waals surface area contributed by atoms with E-state index in [2.05, 4.69) is 6.58 Å². The Labute approximate surface area is 81.1 Å². The van der Waals surface area contributed by atoms with Gasteiger partial charge in [-0.3, -0.25) is 13.9 Å². The van der Waals surface area contributed by atoms with Gasteiger partial charge < -0.3 is 5.73 Å². The van der Waals surface area contributed by atoms with Crippen molar-refractivity contribution in [2.75, 3.05) is 5.73 Å². The summed E-state index contributed by atoms with van der Waals surface area (Å²) in [6.07, 6.45) is 1.95. The average Bonchev–Trinajstić information content (AvgIpc) is 2.19. The molecule has 0 spiro atoms. The fourth-order valence-corrected chi connectivity index (χ4v) is 1.27. The van der Waals surface area contributed by atoms with Crippen molar-refractivity contribution < 1.29 is 0 Å². The lowest BCUT2D eigenvalue weighted by molar-refractivity contribution is 0.682. The fraction of sp³-hybridized carbons (Fsp3) is 0.333. The number of hydrogen-bond donors (Lipinski definition) is 1. The third kappa shape index (κ3) is 1.37. The Balaban J connectivity index is 3.68. The van der Waals surface area contributed by atoms with Crippen molar-refractivity contribution in [3.63, 3.8) is 0 Å². The Bertz CT molecular complexity index is 482. The number of anilines is 1. The van der Waals surface area contributed by atoms with Gasteiger partial charge in [0.2, 0.25) is 0 Å². The third-order valence-corrected chi connectivity index (χ3v) is 2.16. The van der Waals surface area contributed by atoms with Gasteiger partial charge in [0.05, 0.1) is 5.56 Å². The van der Waals surface area contributed by atoms with E-state index in [0.717, 1.165) is 4.57 Å². The summed E-state index contributed by atoms with van der Waals surface area (Å²) in [5, 5.41) is 0. The Morgan fingerprint density at radius 3 is 2.43 bits per heavy atom. The maximum absolute atomic E-state index is 11.6. The van der Waals surface area contributed by atoms with Crippen LogP contribution in [0.15, 0.2) is 22.2 Å². The first kappa shape index (κ1) is 10.3. The van der Waals surface area contributed by atoms with Gasteiger partial charge in [-0.15, -0.1) is 6.58 Å². The number of aromatic nitrogens is 2. The molecule has 0 atom stereocenters. The zero-order chi connectivity index (χ0) is 10.9. The van der Waals surface area contributed by atoms with E-state index in [-0.39, 0.29) is 11.4 Å². The van der Waals surface area contributed by atoms with Crippen LogP contribution >= 0.6 is 0 Å². The van der Waals surface area contributed by atoms with Crippen molar-refractivity contribution >= 4 is 5.82 Å². The molecule has 2 N–H and O–H groups in total. The minimum atomic E-state index is -0.416. The highest BCUT2D eigenvalue weighted by Crippen LogP contribution is 2.03. The summed E-state index contributed by atoms with van der Waals surface area (Å²) in [6.45, 7) is 3.53. The summed E-state index contributed by atoms with van der Waals surface area (Å²) < 4.78 is 2.29. The zero-order valence-electron chi connectivity index (χ0n) is 8.28.